The van der Waals surface area contributed by atoms with Gasteiger partial charge in [-0.25, -0.2) is 0 Å². The van der Waals surface area contributed by atoms with Crippen molar-refractivity contribution in [2.75, 3.05) is 0 Å². The van der Waals surface area contributed by atoms with Crippen LogP contribution in [0.25, 0.3) is 152 Å². The minimum Gasteiger partial charge on any atom is -0.0587 e. The van der Waals surface area contributed by atoms with Crippen molar-refractivity contribution in [3.8, 4) is 44.5 Å². The van der Waals surface area contributed by atoms with Crippen molar-refractivity contribution in [3.63, 3.8) is 0 Å². The summed E-state index contributed by atoms with van der Waals surface area (Å²) in [7, 11) is 0. The number of hydrogen-bond acceptors (Lipinski definition) is 0. The lowest BCUT2D eigenvalue weighted by atomic mass is 9.76. The fraction of sp³-hybridized carbons (Fsp3) is 0.301. The zero-order valence-corrected chi connectivity index (χ0v) is 52.5. The van der Waals surface area contributed by atoms with Crippen LogP contribution in [0.3, 0.4) is 0 Å². The molecule has 0 spiro atoms. The normalized spacial score (nSPS) is 13.7. The van der Waals surface area contributed by atoms with E-state index in [1.54, 1.807) is 0 Å². The SMILES string of the molecule is CC(C)c1ccc2c(c1)-c1ccc3c4ccc5c6c(-c7cc(C(C)(C)C)cc(C(C)(C)C)c7)c7cc8c(cc7c(-c7cc(C(C)(C)C)cc(C(C)(C)C)c7)c6c6ccc(c7ccc-2c1c73)c4c65)c1cc(C(C)C)cc2cc(C(C)C)cc8c21. The Morgan fingerprint density at radius 1 is 0.229 bits per heavy atom. The third-order valence-electron chi connectivity index (χ3n) is 20.1. The maximum atomic E-state index is 2.68. The Hall–Kier alpha value is -7.54. The van der Waals surface area contributed by atoms with Gasteiger partial charge in [0.25, 0.3) is 0 Å². The number of rotatable bonds is 5. The van der Waals surface area contributed by atoms with E-state index in [2.05, 4.69) is 264 Å². The minimum absolute atomic E-state index is 0.0803. The van der Waals surface area contributed by atoms with Crippen molar-refractivity contribution in [3.05, 3.63) is 178 Å². The van der Waals surface area contributed by atoms with Crippen LogP contribution < -0.4 is 0 Å². The smallest absolute Gasteiger partial charge is 0.000740 e. The molecule has 14 aromatic carbocycles. The predicted octanol–water partition coefficient (Wildman–Crippen LogP) is 25.1. The van der Waals surface area contributed by atoms with E-state index in [1.807, 2.05) is 0 Å². The molecule has 1 aliphatic carbocycles. The quantitative estimate of drug-likeness (QED) is 0.119. The monoisotopic (exact) mass is 1080 g/mol. The highest BCUT2D eigenvalue weighted by Gasteiger charge is 2.32. The van der Waals surface area contributed by atoms with E-state index in [-0.39, 0.29) is 21.7 Å². The highest BCUT2D eigenvalue weighted by molar-refractivity contribution is 6.47. The zero-order chi connectivity index (χ0) is 58.2. The number of benzene rings is 12. The zero-order valence-electron chi connectivity index (χ0n) is 52.5. The minimum atomic E-state index is -0.0803. The molecule has 0 heteroatoms. The molecule has 0 atom stereocenters. The summed E-state index contributed by atoms with van der Waals surface area (Å²) in [4.78, 5) is 0. The second-order valence-corrected chi connectivity index (χ2v) is 30.7. The van der Waals surface area contributed by atoms with Gasteiger partial charge in [0.2, 0.25) is 0 Å². The summed E-state index contributed by atoms with van der Waals surface area (Å²) in [5.41, 5.74) is 20.1. The summed E-state index contributed by atoms with van der Waals surface area (Å²) in [6.07, 6.45) is 0. The second-order valence-electron chi connectivity index (χ2n) is 30.7. The van der Waals surface area contributed by atoms with E-state index < -0.39 is 0 Å². The first-order chi connectivity index (χ1) is 39.1. The lowest BCUT2D eigenvalue weighted by Gasteiger charge is -2.28. The Balaban J connectivity index is 1.20. The molecule has 0 bridgehead atoms. The van der Waals surface area contributed by atoms with Crippen molar-refractivity contribution >= 4 is 108 Å². The first kappa shape index (κ1) is 52.3. The van der Waals surface area contributed by atoms with Gasteiger partial charge in [0, 0.05) is 0 Å². The maximum absolute atomic E-state index is 2.68. The molecule has 0 amide bonds. The van der Waals surface area contributed by atoms with Crippen LogP contribution in [0.1, 0.15) is 181 Å². The molecule has 15 rings (SSSR count). The van der Waals surface area contributed by atoms with Gasteiger partial charge in [-0.15, -0.1) is 0 Å². The van der Waals surface area contributed by atoms with E-state index in [1.165, 1.54) is 191 Å². The summed E-state index contributed by atoms with van der Waals surface area (Å²) in [5, 5.41) is 27.2. The fourth-order valence-corrected chi connectivity index (χ4v) is 15.2. The fourth-order valence-electron chi connectivity index (χ4n) is 15.2. The summed E-state index contributed by atoms with van der Waals surface area (Å²) in [6, 6.07) is 57.9. The van der Waals surface area contributed by atoms with Gasteiger partial charge in [-0.3, -0.25) is 0 Å². The van der Waals surface area contributed by atoms with Gasteiger partial charge in [-0.2, -0.15) is 0 Å². The van der Waals surface area contributed by atoms with Crippen molar-refractivity contribution in [1.29, 1.82) is 0 Å². The maximum Gasteiger partial charge on any atom is -0.000740 e. The third kappa shape index (κ3) is 7.43. The first-order valence-electron chi connectivity index (χ1n) is 31.1. The van der Waals surface area contributed by atoms with E-state index in [0.29, 0.717) is 17.8 Å². The Labute approximate surface area is 491 Å². The molecule has 83 heavy (non-hydrogen) atoms. The number of fused-ring (bicyclic) bond motifs is 12. The number of hydrogen-bond donors (Lipinski definition) is 0. The molecule has 0 saturated carbocycles. The van der Waals surface area contributed by atoms with Crippen LogP contribution in [-0.2, 0) is 21.7 Å². The van der Waals surface area contributed by atoms with Gasteiger partial charge < -0.3 is 0 Å². The summed E-state index contributed by atoms with van der Waals surface area (Å²) >= 11 is 0. The van der Waals surface area contributed by atoms with E-state index in [4.69, 9.17) is 0 Å². The molecule has 14 aromatic rings. The molecule has 412 valence electrons. The lowest BCUT2D eigenvalue weighted by Crippen LogP contribution is -2.16. The van der Waals surface area contributed by atoms with Crippen LogP contribution in [0.2, 0.25) is 0 Å². The van der Waals surface area contributed by atoms with Crippen LogP contribution in [0.4, 0.5) is 0 Å². The molecule has 0 saturated heterocycles. The molecular formula is C83H80. The van der Waals surface area contributed by atoms with Crippen LogP contribution in [0.15, 0.2) is 140 Å². The van der Waals surface area contributed by atoms with Crippen molar-refractivity contribution < 1.29 is 0 Å². The molecular weight excluding hydrogens is 997 g/mol. The largest absolute Gasteiger partial charge is 0.0587 e. The Bertz CT molecular complexity index is 4800. The second kappa shape index (κ2) is 17.1. The molecule has 0 aromatic heterocycles. The van der Waals surface area contributed by atoms with Crippen molar-refractivity contribution in [2.45, 2.75) is 164 Å². The highest BCUT2D eigenvalue weighted by Crippen LogP contribution is 2.58. The van der Waals surface area contributed by atoms with Gasteiger partial charge in [-0.05, 0) is 243 Å². The summed E-state index contributed by atoms with van der Waals surface area (Å²) in [6.45, 7) is 42.8. The van der Waals surface area contributed by atoms with Gasteiger partial charge in [0.05, 0.1) is 0 Å². The molecule has 0 fully saturated rings. The molecule has 0 radical (unpaired) electrons. The van der Waals surface area contributed by atoms with Crippen LogP contribution in [-0.4, -0.2) is 0 Å². The van der Waals surface area contributed by atoms with Crippen LogP contribution in [0.5, 0.6) is 0 Å². The van der Waals surface area contributed by atoms with Crippen LogP contribution >= 0.6 is 0 Å². The summed E-state index contributed by atoms with van der Waals surface area (Å²) in [5.74, 6) is 1.25. The standard InChI is InChI=1S/C83H80/c1-42(2)45-19-20-55-56-21-22-57-59-25-27-62-77-63(28-26-60(76(59)77)58-23-24-61(64(55)35-45)74(56)75(57)58)79-73(50-33-53(82(13,14)15)39-54(34-50)83(16,17)18)70-41-66-65(67-36-46(43(3)4)29-48-30-47(44(5)6)37-68(66)71(48)67)40-69(70)72(78(62)79)49-31-51(80(7,8)9)38-52(32-49)81(10,11)12/h19-44H,1-18H3. The van der Waals surface area contributed by atoms with E-state index in [0.717, 1.165) is 0 Å². The molecule has 1 aliphatic rings. The van der Waals surface area contributed by atoms with Crippen molar-refractivity contribution in [2.24, 2.45) is 0 Å². The third-order valence-corrected chi connectivity index (χ3v) is 20.1. The van der Waals surface area contributed by atoms with E-state index in [9.17, 15) is 0 Å². The average molecular weight is 1080 g/mol. The van der Waals surface area contributed by atoms with Gasteiger partial charge in [-0.1, -0.05) is 252 Å². The first-order valence-corrected chi connectivity index (χ1v) is 31.1. The van der Waals surface area contributed by atoms with Gasteiger partial charge in [0.15, 0.2) is 0 Å². The highest BCUT2D eigenvalue weighted by atomic mass is 14.4. The molecule has 0 heterocycles. The molecule has 0 unspecified atom stereocenters. The molecule has 0 aliphatic heterocycles. The summed E-state index contributed by atoms with van der Waals surface area (Å²) < 4.78 is 0. The lowest BCUT2D eigenvalue weighted by molar-refractivity contribution is 0.568. The Morgan fingerprint density at radius 2 is 0.578 bits per heavy atom. The van der Waals surface area contributed by atoms with Gasteiger partial charge in [0.1, 0.15) is 0 Å². The molecule has 0 N–H and O–H groups in total. The topological polar surface area (TPSA) is 0 Å². The average Bonchev–Trinajstić information content (AvgIpc) is 1.64. The predicted molar refractivity (Wildman–Crippen MR) is 367 cm³/mol. The Morgan fingerprint density at radius 3 is 0.976 bits per heavy atom. The van der Waals surface area contributed by atoms with Crippen molar-refractivity contribution in [1.82, 2.24) is 0 Å². The van der Waals surface area contributed by atoms with Gasteiger partial charge >= 0.3 is 0 Å². The van der Waals surface area contributed by atoms with Crippen LogP contribution in [0, 0.1) is 0 Å². The molecule has 0 nitrogen and oxygen atoms in total. The van der Waals surface area contributed by atoms with E-state index >= 15 is 0 Å². The Kier molecular flexibility index (Phi) is 10.7.